The van der Waals surface area contributed by atoms with Crippen molar-refractivity contribution in [3.8, 4) is 11.5 Å². The molecule has 1 aromatic heterocycles. The number of carbonyl (C=O) groups excluding carboxylic acids is 3. The largest absolute Gasteiger partial charge is 0.502 e. The number of nitrogens with one attached hydrogen (secondary N) is 1. The number of hydrogen-bond acceptors (Lipinski definition) is 6. The molecule has 2 aliphatic heterocycles. The van der Waals surface area contributed by atoms with Gasteiger partial charge in [0.1, 0.15) is 23.8 Å². The van der Waals surface area contributed by atoms with Gasteiger partial charge in [0.15, 0.2) is 11.4 Å². The molecule has 2 aliphatic rings. The number of hydrogen-bond donors (Lipinski definition) is 2. The quantitative estimate of drug-likeness (QED) is 0.510. The summed E-state index contributed by atoms with van der Waals surface area (Å²) in [6.45, 7) is 0.132. The molecule has 2 N–H and O–H groups in total. The van der Waals surface area contributed by atoms with Gasteiger partial charge in [0.25, 0.3) is 11.8 Å². The number of ether oxygens (including phenoxy) is 1. The first-order chi connectivity index (χ1) is 18.3. The zero-order valence-corrected chi connectivity index (χ0v) is 21.2. The Balaban J connectivity index is 1.69. The van der Waals surface area contributed by atoms with E-state index in [-0.39, 0.29) is 37.0 Å². The van der Waals surface area contributed by atoms with Gasteiger partial charge >= 0.3 is 0 Å². The van der Waals surface area contributed by atoms with Gasteiger partial charge in [-0.3, -0.25) is 19.2 Å². The number of allylic oxidation sites excluding steroid dienone is 1. The standard InChI is InChI=1S/C27H31FN4O6/c1-30-17-32-22(33)10-8-6-4-2-3-5-7-9-13-38-21-14-19(28)12-11-18(21)15-29-26(36)20-16-31(32)23(27(30)37)25(35)24(20)34/h5,7,11-12,14,16,35H,2-4,6,8-10,13,15,17H2,1H3,(H,29,36)/b7-5-. The molecule has 4 rings (SSSR count). The number of rotatable bonds is 0. The van der Waals surface area contributed by atoms with Crippen LogP contribution in [0.3, 0.4) is 0 Å². The molecule has 1 aromatic carbocycles. The Morgan fingerprint density at radius 3 is 2.61 bits per heavy atom. The van der Waals surface area contributed by atoms with E-state index >= 15 is 0 Å². The van der Waals surface area contributed by atoms with Crippen LogP contribution in [-0.4, -0.2) is 52.7 Å². The SMILES string of the molecule is CN1CN2C(=O)CCCCCC/C=C\CCOc3cc(F)ccc3CNC(=O)c3cn2c(c(O)c3=O)C1=O. The minimum atomic E-state index is -1.04. The summed E-state index contributed by atoms with van der Waals surface area (Å²) in [5.74, 6) is -2.93. The summed E-state index contributed by atoms with van der Waals surface area (Å²) in [4.78, 5) is 53.0. The number of halogens is 1. The summed E-state index contributed by atoms with van der Waals surface area (Å²) < 4.78 is 20.7. The number of amides is 3. The molecule has 11 heteroatoms. The molecule has 0 radical (unpaired) electrons. The Morgan fingerprint density at radius 2 is 1.79 bits per heavy atom. The van der Waals surface area contributed by atoms with Crippen molar-refractivity contribution in [1.82, 2.24) is 14.9 Å². The van der Waals surface area contributed by atoms with E-state index in [0.29, 0.717) is 25.0 Å². The lowest BCUT2D eigenvalue weighted by atomic mass is 10.1. The number of aromatic hydroxyl groups is 1. The van der Waals surface area contributed by atoms with Crippen molar-refractivity contribution < 1.29 is 28.6 Å². The van der Waals surface area contributed by atoms with E-state index in [2.05, 4.69) is 11.4 Å². The van der Waals surface area contributed by atoms with Crippen molar-refractivity contribution in [2.75, 3.05) is 25.3 Å². The van der Waals surface area contributed by atoms with Gasteiger partial charge in [-0.15, -0.1) is 0 Å². The molecule has 10 nitrogen and oxygen atoms in total. The van der Waals surface area contributed by atoms with E-state index in [0.717, 1.165) is 36.6 Å². The third-order valence-corrected chi connectivity index (χ3v) is 6.54. The van der Waals surface area contributed by atoms with Crippen LogP contribution in [0.1, 0.15) is 71.4 Å². The Kier molecular flexibility index (Phi) is 8.45. The topological polar surface area (TPSA) is 121 Å². The maximum absolute atomic E-state index is 13.9. The van der Waals surface area contributed by atoms with Crippen LogP contribution in [0, 0.1) is 5.82 Å². The van der Waals surface area contributed by atoms with Crippen LogP contribution in [-0.2, 0) is 11.3 Å². The third-order valence-electron chi connectivity index (χ3n) is 6.54. The number of aromatic nitrogens is 1. The van der Waals surface area contributed by atoms with Gasteiger partial charge in [0.2, 0.25) is 11.3 Å². The van der Waals surface area contributed by atoms with Crippen LogP contribution in [0.25, 0.3) is 0 Å². The summed E-state index contributed by atoms with van der Waals surface area (Å²) in [5, 5.41) is 14.5. The van der Waals surface area contributed by atoms with Gasteiger partial charge in [-0.05, 0) is 31.7 Å². The summed E-state index contributed by atoms with van der Waals surface area (Å²) in [6, 6.07) is 3.94. The van der Waals surface area contributed by atoms with Gasteiger partial charge in [0, 0.05) is 37.8 Å². The highest BCUT2D eigenvalue weighted by Gasteiger charge is 2.35. The highest BCUT2D eigenvalue weighted by Crippen LogP contribution is 2.23. The van der Waals surface area contributed by atoms with Crippen molar-refractivity contribution >= 4 is 17.7 Å². The smallest absolute Gasteiger partial charge is 0.277 e. The van der Waals surface area contributed by atoms with E-state index in [1.54, 1.807) is 0 Å². The molecule has 0 saturated carbocycles. The minimum Gasteiger partial charge on any atom is -0.502 e. The van der Waals surface area contributed by atoms with Gasteiger partial charge in [0.05, 0.1) is 6.61 Å². The van der Waals surface area contributed by atoms with E-state index in [4.69, 9.17) is 4.74 Å². The zero-order valence-electron chi connectivity index (χ0n) is 21.2. The number of nitrogens with zero attached hydrogens (tertiary/aromatic N) is 3. The minimum absolute atomic E-state index is 0.0868. The number of carbonyl (C=O) groups is 3. The first-order valence-electron chi connectivity index (χ1n) is 12.7. The molecule has 0 atom stereocenters. The van der Waals surface area contributed by atoms with E-state index < -0.39 is 34.4 Å². The monoisotopic (exact) mass is 526 g/mol. The summed E-state index contributed by atoms with van der Waals surface area (Å²) in [7, 11) is 1.46. The molecule has 0 aliphatic carbocycles. The Morgan fingerprint density at radius 1 is 1.03 bits per heavy atom. The van der Waals surface area contributed by atoms with Crippen molar-refractivity contribution in [2.24, 2.45) is 0 Å². The molecule has 3 amide bonds. The zero-order chi connectivity index (χ0) is 27.2. The Hall–Kier alpha value is -4.15. The molecular weight excluding hydrogens is 495 g/mol. The lowest BCUT2D eigenvalue weighted by Gasteiger charge is -2.36. The number of fused-ring (bicyclic) bond motifs is 2. The van der Waals surface area contributed by atoms with E-state index in [1.165, 1.54) is 35.2 Å². The maximum Gasteiger partial charge on any atom is 0.277 e. The Labute approximate surface area is 219 Å². The summed E-state index contributed by atoms with van der Waals surface area (Å²) >= 11 is 0. The fourth-order valence-electron chi connectivity index (χ4n) is 4.43. The Bertz CT molecular complexity index is 1320. The van der Waals surface area contributed by atoms with Gasteiger partial charge in [-0.1, -0.05) is 31.1 Å². The second-order valence-electron chi connectivity index (χ2n) is 9.35. The molecule has 3 heterocycles. The highest BCUT2D eigenvalue weighted by molar-refractivity contribution is 6.01. The summed E-state index contributed by atoms with van der Waals surface area (Å²) in [6.07, 6.45) is 10.3. The highest BCUT2D eigenvalue weighted by atomic mass is 19.1. The average molecular weight is 527 g/mol. The second-order valence-corrected chi connectivity index (χ2v) is 9.35. The normalized spacial score (nSPS) is 18.6. The van der Waals surface area contributed by atoms with Crippen molar-refractivity contribution in [3.63, 3.8) is 0 Å². The van der Waals surface area contributed by atoms with Gasteiger partial charge in [-0.25, -0.2) is 14.1 Å². The predicted octanol–water partition coefficient (Wildman–Crippen LogP) is 2.81. The van der Waals surface area contributed by atoms with Crippen molar-refractivity contribution in [2.45, 2.75) is 51.5 Å². The molecule has 0 saturated heterocycles. The van der Waals surface area contributed by atoms with Gasteiger partial charge < -0.3 is 20.1 Å². The molecule has 2 aromatic rings. The molecule has 0 fully saturated rings. The van der Waals surface area contributed by atoms with Crippen LogP contribution < -0.4 is 20.5 Å². The lowest BCUT2D eigenvalue weighted by molar-refractivity contribution is -0.120. The second kappa shape index (κ2) is 11.9. The number of pyridine rings is 1. The van der Waals surface area contributed by atoms with E-state index in [1.807, 2.05) is 6.08 Å². The first kappa shape index (κ1) is 26.9. The van der Waals surface area contributed by atoms with Crippen LogP contribution in [0.4, 0.5) is 4.39 Å². The lowest BCUT2D eigenvalue weighted by Crippen LogP contribution is -2.55. The van der Waals surface area contributed by atoms with Crippen molar-refractivity contribution in [1.29, 1.82) is 0 Å². The fourth-order valence-corrected chi connectivity index (χ4v) is 4.43. The predicted molar refractivity (Wildman–Crippen MR) is 137 cm³/mol. The molecule has 202 valence electrons. The van der Waals surface area contributed by atoms with Crippen LogP contribution in [0.15, 0.2) is 41.3 Å². The first-order valence-corrected chi connectivity index (χ1v) is 12.7. The molecule has 0 unspecified atom stereocenters. The van der Waals surface area contributed by atoms with Crippen LogP contribution in [0.5, 0.6) is 11.5 Å². The van der Waals surface area contributed by atoms with Gasteiger partial charge in [-0.2, -0.15) is 0 Å². The fraction of sp³-hybridized carbons (Fsp3) is 0.407. The van der Waals surface area contributed by atoms with Crippen LogP contribution in [0.2, 0.25) is 0 Å². The molecule has 38 heavy (non-hydrogen) atoms. The third kappa shape index (κ3) is 5.87. The summed E-state index contributed by atoms with van der Waals surface area (Å²) in [5.41, 5.74) is -1.37. The molecule has 2 bridgehead atoms. The molecule has 0 spiro atoms. The number of benzene rings is 1. The molecular formula is C27H31FN4O6. The van der Waals surface area contributed by atoms with Crippen LogP contribution >= 0.6 is 0 Å². The van der Waals surface area contributed by atoms with Crippen molar-refractivity contribution in [3.05, 3.63) is 69.4 Å². The average Bonchev–Trinajstić information content (AvgIpc) is 2.89. The maximum atomic E-state index is 13.9. The van der Waals surface area contributed by atoms with E-state index in [9.17, 15) is 28.7 Å².